The van der Waals surface area contributed by atoms with Gasteiger partial charge in [-0.1, -0.05) is 6.92 Å². The number of anilines is 1. The zero-order valence-electron chi connectivity index (χ0n) is 10.4. The summed E-state index contributed by atoms with van der Waals surface area (Å²) in [6.45, 7) is 2.27. The van der Waals surface area contributed by atoms with Crippen molar-refractivity contribution >= 4 is 29.3 Å². The molecule has 98 valence electrons. The molecular weight excluding hydrogens is 264 g/mol. The van der Waals surface area contributed by atoms with E-state index in [4.69, 9.17) is 10.8 Å². The van der Waals surface area contributed by atoms with Crippen molar-refractivity contribution in [3.05, 3.63) is 17.6 Å². The first kappa shape index (κ1) is 12.6. The van der Waals surface area contributed by atoms with E-state index in [0.717, 1.165) is 17.3 Å². The number of nitrogens with one attached hydrogen (secondary N) is 1. The molecule has 1 saturated carbocycles. The van der Waals surface area contributed by atoms with Crippen molar-refractivity contribution in [1.82, 2.24) is 9.97 Å². The molecule has 1 aromatic heterocycles. The molecule has 2 fully saturated rings. The van der Waals surface area contributed by atoms with E-state index in [1.807, 2.05) is 29.6 Å². The SMILES string of the molecule is CC1SCCSC1c1nc(NN)cc(C2CC2)n1. The average molecular weight is 282 g/mol. The summed E-state index contributed by atoms with van der Waals surface area (Å²) in [7, 11) is 0. The molecule has 18 heavy (non-hydrogen) atoms. The number of nitrogens with two attached hydrogens (primary N) is 1. The maximum Gasteiger partial charge on any atom is 0.145 e. The second kappa shape index (κ2) is 5.27. The third-order valence-electron chi connectivity index (χ3n) is 3.35. The van der Waals surface area contributed by atoms with Crippen molar-refractivity contribution < 1.29 is 0 Å². The molecule has 3 N–H and O–H groups in total. The zero-order valence-corrected chi connectivity index (χ0v) is 12.1. The molecule has 0 radical (unpaired) electrons. The lowest BCUT2D eigenvalue weighted by atomic mass is 10.2. The van der Waals surface area contributed by atoms with Crippen LogP contribution in [0.25, 0.3) is 0 Å². The van der Waals surface area contributed by atoms with Gasteiger partial charge in [-0.05, 0) is 12.8 Å². The maximum atomic E-state index is 5.52. The van der Waals surface area contributed by atoms with Gasteiger partial charge in [0.15, 0.2) is 0 Å². The number of aromatic nitrogens is 2. The Balaban J connectivity index is 1.91. The van der Waals surface area contributed by atoms with Gasteiger partial charge in [0.2, 0.25) is 0 Å². The average Bonchev–Trinajstić information content (AvgIpc) is 3.23. The quantitative estimate of drug-likeness (QED) is 0.656. The molecule has 0 amide bonds. The highest BCUT2D eigenvalue weighted by molar-refractivity contribution is 8.06. The molecule has 0 aromatic carbocycles. The highest BCUT2D eigenvalue weighted by atomic mass is 32.2. The molecule has 3 rings (SSSR count). The van der Waals surface area contributed by atoms with E-state index < -0.39 is 0 Å². The van der Waals surface area contributed by atoms with Crippen LogP contribution < -0.4 is 11.3 Å². The summed E-state index contributed by atoms with van der Waals surface area (Å²) < 4.78 is 0. The van der Waals surface area contributed by atoms with Gasteiger partial charge in [0.05, 0.1) is 5.25 Å². The molecule has 2 unspecified atom stereocenters. The number of hydrogen-bond donors (Lipinski definition) is 2. The summed E-state index contributed by atoms with van der Waals surface area (Å²) in [4.78, 5) is 9.33. The van der Waals surface area contributed by atoms with Crippen LogP contribution in [0.1, 0.15) is 42.5 Å². The highest BCUT2D eigenvalue weighted by Gasteiger charge is 2.30. The standard InChI is InChI=1S/C12H18N4S2/c1-7-11(18-5-4-17-7)12-14-9(8-2-3-8)6-10(15-12)16-13/h6-8,11H,2-5,13H2,1H3,(H,14,15,16). The minimum absolute atomic E-state index is 0.398. The summed E-state index contributed by atoms with van der Waals surface area (Å²) in [5, 5.41) is 0.971. The van der Waals surface area contributed by atoms with E-state index in [0.29, 0.717) is 16.4 Å². The lowest BCUT2D eigenvalue weighted by Gasteiger charge is -2.27. The van der Waals surface area contributed by atoms with Crippen LogP contribution in [-0.4, -0.2) is 26.7 Å². The van der Waals surface area contributed by atoms with Crippen molar-refractivity contribution in [1.29, 1.82) is 0 Å². The fraction of sp³-hybridized carbons (Fsp3) is 0.667. The summed E-state index contributed by atoms with van der Waals surface area (Å²) in [5.41, 5.74) is 3.84. The molecule has 1 saturated heterocycles. The zero-order chi connectivity index (χ0) is 12.5. The monoisotopic (exact) mass is 282 g/mol. The first-order valence-electron chi connectivity index (χ1n) is 6.36. The smallest absolute Gasteiger partial charge is 0.145 e. The topological polar surface area (TPSA) is 63.8 Å². The molecule has 4 nitrogen and oxygen atoms in total. The fourth-order valence-corrected chi connectivity index (χ4v) is 4.88. The number of hydrogen-bond acceptors (Lipinski definition) is 6. The molecule has 0 spiro atoms. The van der Waals surface area contributed by atoms with E-state index in [-0.39, 0.29) is 0 Å². The second-order valence-electron chi connectivity index (χ2n) is 4.82. The van der Waals surface area contributed by atoms with Crippen molar-refractivity contribution in [2.45, 2.75) is 36.2 Å². The van der Waals surface area contributed by atoms with Crippen LogP contribution in [-0.2, 0) is 0 Å². The summed E-state index contributed by atoms with van der Waals surface area (Å²) in [6.07, 6.45) is 2.51. The predicted molar refractivity (Wildman–Crippen MR) is 78.9 cm³/mol. The van der Waals surface area contributed by atoms with Crippen LogP contribution in [0.3, 0.4) is 0 Å². The third kappa shape index (κ3) is 2.60. The maximum absolute atomic E-state index is 5.52. The van der Waals surface area contributed by atoms with Gasteiger partial charge in [-0.3, -0.25) is 0 Å². The molecular formula is C12H18N4S2. The van der Waals surface area contributed by atoms with Gasteiger partial charge in [-0.25, -0.2) is 15.8 Å². The molecule has 1 aliphatic carbocycles. The molecule has 6 heteroatoms. The highest BCUT2D eigenvalue weighted by Crippen LogP contribution is 2.43. The second-order valence-corrected chi connectivity index (χ2v) is 7.56. The van der Waals surface area contributed by atoms with Crippen molar-refractivity contribution in [2.75, 3.05) is 16.9 Å². The normalized spacial score (nSPS) is 28.1. The van der Waals surface area contributed by atoms with Crippen LogP contribution in [0.5, 0.6) is 0 Å². The number of hydrazine groups is 1. The minimum atomic E-state index is 0.398. The lowest BCUT2D eigenvalue weighted by Crippen LogP contribution is -2.20. The van der Waals surface area contributed by atoms with Crippen molar-refractivity contribution in [3.8, 4) is 0 Å². The van der Waals surface area contributed by atoms with Crippen LogP contribution in [0.15, 0.2) is 6.07 Å². The Morgan fingerprint density at radius 1 is 1.28 bits per heavy atom. The number of nitrogen functional groups attached to an aromatic ring is 1. The van der Waals surface area contributed by atoms with Gasteiger partial charge < -0.3 is 5.43 Å². The largest absolute Gasteiger partial charge is 0.308 e. The molecule has 2 heterocycles. The molecule has 1 aliphatic heterocycles. The van der Waals surface area contributed by atoms with Gasteiger partial charge in [0.25, 0.3) is 0 Å². The third-order valence-corrected chi connectivity index (χ3v) is 6.44. The first-order valence-corrected chi connectivity index (χ1v) is 8.46. The Kier molecular flexibility index (Phi) is 3.68. The van der Waals surface area contributed by atoms with Crippen LogP contribution in [0, 0.1) is 0 Å². The van der Waals surface area contributed by atoms with Gasteiger partial charge in [-0.15, -0.1) is 11.8 Å². The van der Waals surface area contributed by atoms with Crippen LogP contribution >= 0.6 is 23.5 Å². The van der Waals surface area contributed by atoms with Crippen LogP contribution in [0.2, 0.25) is 0 Å². The summed E-state index contributed by atoms with van der Waals surface area (Å²) >= 11 is 3.98. The summed E-state index contributed by atoms with van der Waals surface area (Å²) in [5.74, 6) is 10.3. The number of rotatable bonds is 3. The Morgan fingerprint density at radius 3 is 2.72 bits per heavy atom. The first-order chi connectivity index (χ1) is 8.78. The Morgan fingerprint density at radius 2 is 2.06 bits per heavy atom. The minimum Gasteiger partial charge on any atom is -0.308 e. The van der Waals surface area contributed by atoms with E-state index in [9.17, 15) is 0 Å². The van der Waals surface area contributed by atoms with Crippen molar-refractivity contribution in [2.24, 2.45) is 5.84 Å². The number of nitrogens with zero attached hydrogens (tertiary/aromatic N) is 2. The van der Waals surface area contributed by atoms with Crippen LogP contribution in [0.4, 0.5) is 5.82 Å². The molecule has 0 bridgehead atoms. The van der Waals surface area contributed by atoms with E-state index in [2.05, 4.69) is 17.3 Å². The Labute approximate surface area is 116 Å². The summed E-state index contributed by atoms with van der Waals surface area (Å²) in [6, 6.07) is 1.99. The van der Waals surface area contributed by atoms with Gasteiger partial charge in [-0.2, -0.15) is 11.8 Å². The fourth-order valence-electron chi connectivity index (χ4n) is 2.19. The predicted octanol–water partition coefficient (Wildman–Crippen LogP) is 2.55. The Bertz CT molecular complexity index is 436. The number of thioether (sulfide) groups is 2. The molecule has 2 aliphatic rings. The molecule has 1 aromatic rings. The van der Waals surface area contributed by atoms with Gasteiger partial charge in [0, 0.05) is 34.4 Å². The van der Waals surface area contributed by atoms with Gasteiger partial charge in [0.1, 0.15) is 11.6 Å². The van der Waals surface area contributed by atoms with Crippen molar-refractivity contribution in [3.63, 3.8) is 0 Å². The van der Waals surface area contributed by atoms with Gasteiger partial charge >= 0.3 is 0 Å². The molecule has 2 atom stereocenters. The lowest BCUT2D eigenvalue weighted by molar-refractivity contribution is 0.802. The van der Waals surface area contributed by atoms with E-state index in [1.54, 1.807) is 0 Å². The Hall–Kier alpha value is -0.460. The van der Waals surface area contributed by atoms with E-state index in [1.165, 1.54) is 24.3 Å². The van der Waals surface area contributed by atoms with E-state index >= 15 is 0 Å².